The zero-order chi connectivity index (χ0) is 23.6. The Hall–Kier alpha value is -1.85. The molecule has 1 saturated heterocycles. The van der Waals surface area contributed by atoms with Gasteiger partial charge in [-0.1, -0.05) is 23.5 Å². The smallest absolute Gasteiger partial charge is 0.252 e. The minimum absolute atomic E-state index is 0.0534. The summed E-state index contributed by atoms with van der Waals surface area (Å²) in [6, 6.07) is 9.53. The van der Waals surface area contributed by atoms with Crippen LogP contribution in [0.15, 0.2) is 39.9 Å². The van der Waals surface area contributed by atoms with Crippen molar-refractivity contribution in [2.75, 3.05) is 45.2 Å². The number of rotatable bonds is 8. The summed E-state index contributed by atoms with van der Waals surface area (Å²) in [6.07, 6.45) is 1.90. The summed E-state index contributed by atoms with van der Waals surface area (Å²) in [4.78, 5) is 22.3. The Kier molecular flexibility index (Phi) is 7.49. The average Bonchev–Trinajstić information content (AvgIpc) is 3.46. The van der Waals surface area contributed by atoms with Crippen molar-refractivity contribution >= 4 is 54.0 Å². The van der Waals surface area contributed by atoms with E-state index in [0.29, 0.717) is 36.7 Å². The van der Waals surface area contributed by atoms with Crippen molar-refractivity contribution < 1.29 is 13.2 Å². The van der Waals surface area contributed by atoms with Gasteiger partial charge in [-0.25, -0.2) is 13.4 Å². The van der Waals surface area contributed by atoms with Crippen LogP contribution in [0.4, 0.5) is 5.13 Å². The Morgan fingerprint density at radius 3 is 2.61 bits per heavy atom. The highest BCUT2D eigenvalue weighted by molar-refractivity contribution is 7.91. The molecular weight excluding hydrogens is 476 g/mol. The molecule has 0 N–H and O–H groups in total. The number of aromatic nitrogens is 1. The van der Waals surface area contributed by atoms with Crippen LogP contribution in [0, 0.1) is 12.8 Å². The van der Waals surface area contributed by atoms with Gasteiger partial charge in [0.1, 0.15) is 4.21 Å². The fourth-order valence-corrected chi connectivity index (χ4v) is 7.79. The molecule has 1 aromatic carbocycles. The van der Waals surface area contributed by atoms with Crippen LogP contribution < -0.4 is 4.90 Å². The number of aryl methyl sites for hydroxylation is 1. The van der Waals surface area contributed by atoms with Gasteiger partial charge < -0.3 is 4.90 Å². The van der Waals surface area contributed by atoms with Crippen LogP contribution in [0.2, 0.25) is 0 Å². The molecule has 1 aliphatic heterocycles. The maximum atomic E-state index is 13.6. The molecule has 0 saturated carbocycles. The van der Waals surface area contributed by atoms with Crippen LogP contribution in [0.25, 0.3) is 10.2 Å². The Balaban J connectivity index is 1.50. The standard InChI is InChI=1S/C23H30N4O3S3/c1-17-7-8-19-20(16-17)32-23(24-19)27(12-5-11-25(2)3)22(28)18-9-13-26(14-10-18)33(29,30)21-6-4-15-31-21/h4,6-8,15-16,18H,5,9-14H2,1-3H3. The molecule has 33 heavy (non-hydrogen) atoms. The molecule has 0 bridgehead atoms. The maximum absolute atomic E-state index is 13.6. The second-order valence-electron chi connectivity index (χ2n) is 8.72. The number of fused-ring (bicyclic) bond motifs is 1. The van der Waals surface area contributed by atoms with Crippen LogP contribution in [0.5, 0.6) is 0 Å². The quantitative estimate of drug-likeness (QED) is 0.461. The molecule has 2 aromatic heterocycles. The van der Waals surface area contributed by atoms with Crippen LogP contribution in [0.1, 0.15) is 24.8 Å². The van der Waals surface area contributed by atoms with Gasteiger partial charge in [-0.2, -0.15) is 4.31 Å². The first-order valence-electron chi connectivity index (χ1n) is 11.1. The number of hydrogen-bond acceptors (Lipinski definition) is 7. The first-order valence-corrected chi connectivity index (χ1v) is 14.3. The molecule has 0 atom stereocenters. The van der Waals surface area contributed by atoms with E-state index >= 15 is 0 Å². The van der Waals surface area contributed by atoms with Crippen molar-refractivity contribution in [1.29, 1.82) is 0 Å². The molecule has 1 aliphatic rings. The zero-order valence-electron chi connectivity index (χ0n) is 19.2. The van der Waals surface area contributed by atoms with Gasteiger partial charge in [0.2, 0.25) is 5.91 Å². The van der Waals surface area contributed by atoms with Crippen molar-refractivity contribution in [2.45, 2.75) is 30.4 Å². The lowest BCUT2D eigenvalue weighted by molar-refractivity contribution is -0.123. The number of sulfonamides is 1. The van der Waals surface area contributed by atoms with Gasteiger partial charge in [0, 0.05) is 25.6 Å². The number of anilines is 1. The predicted molar refractivity (Wildman–Crippen MR) is 136 cm³/mol. The fraction of sp³-hybridized carbons (Fsp3) is 0.478. The fourth-order valence-electron chi connectivity index (χ4n) is 4.08. The lowest BCUT2D eigenvalue weighted by Gasteiger charge is -2.32. The number of benzene rings is 1. The van der Waals surface area contributed by atoms with Gasteiger partial charge in [0.25, 0.3) is 10.0 Å². The molecule has 0 aliphatic carbocycles. The van der Waals surface area contributed by atoms with Crippen molar-refractivity contribution in [2.24, 2.45) is 5.92 Å². The van der Waals surface area contributed by atoms with E-state index in [4.69, 9.17) is 4.98 Å². The largest absolute Gasteiger partial charge is 0.309 e. The summed E-state index contributed by atoms with van der Waals surface area (Å²) >= 11 is 2.78. The number of piperidine rings is 1. The van der Waals surface area contributed by atoms with Crippen LogP contribution in [-0.4, -0.2) is 68.8 Å². The van der Waals surface area contributed by atoms with E-state index in [9.17, 15) is 13.2 Å². The van der Waals surface area contributed by atoms with Crippen molar-refractivity contribution in [3.05, 3.63) is 41.3 Å². The van der Waals surface area contributed by atoms with Gasteiger partial charge >= 0.3 is 0 Å². The van der Waals surface area contributed by atoms with E-state index in [1.54, 1.807) is 28.8 Å². The molecule has 1 amide bonds. The van der Waals surface area contributed by atoms with Crippen LogP contribution in [0.3, 0.4) is 0 Å². The second kappa shape index (κ2) is 10.2. The van der Waals surface area contributed by atoms with Crippen molar-refractivity contribution in [3.8, 4) is 0 Å². The highest BCUT2D eigenvalue weighted by atomic mass is 32.2. The zero-order valence-corrected chi connectivity index (χ0v) is 21.7. The Bertz CT molecular complexity index is 1200. The molecule has 3 aromatic rings. The number of hydrogen-bond donors (Lipinski definition) is 0. The van der Waals surface area contributed by atoms with Gasteiger partial charge in [0.05, 0.1) is 10.2 Å². The summed E-state index contributed by atoms with van der Waals surface area (Å²) in [7, 11) is 0.574. The Morgan fingerprint density at radius 2 is 1.94 bits per heavy atom. The third kappa shape index (κ3) is 5.46. The van der Waals surface area contributed by atoms with E-state index in [0.717, 1.165) is 28.3 Å². The highest BCUT2D eigenvalue weighted by Crippen LogP contribution is 2.33. The SMILES string of the molecule is Cc1ccc2nc(N(CCCN(C)C)C(=O)C3CCN(S(=O)(=O)c4cccs4)CC3)sc2c1. The van der Waals surface area contributed by atoms with E-state index in [-0.39, 0.29) is 11.8 Å². The molecule has 0 radical (unpaired) electrons. The van der Waals surface area contributed by atoms with Gasteiger partial charge in [-0.15, -0.1) is 11.3 Å². The first-order chi connectivity index (χ1) is 15.8. The number of thiophene rings is 1. The van der Waals surface area contributed by atoms with Gasteiger partial charge in [0.15, 0.2) is 5.13 Å². The van der Waals surface area contributed by atoms with Crippen LogP contribution >= 0.6 is 22.7 Å². The lowest BCUT2D eigenvalue weighted by Crippen LogP contribution is -2.45. The third-order valence-electron chi connectivity index (χ3n) is 5.91. The molecule has 1 fully saturated rings. The highest BCUT2D eigenvalue weighted by Gasteiger charge is 2.35. The molecule has 3 heterocycles. The first kappa shape index (κ1) is 24.3. The minimum atomic E-state index is -3.47. The summed E-state index contributed by atoms with van der Waals surface area (Å²) in [5.41, 5.74) is 2.07. The molecule has 7 nitrogen and oxygen atoms in total. The number of carbonyl (C=O) groups excluding carboxylic acids is 1. The predicted octanol–water partition coefficient (Wildman–Crippen LogP) is 4.05. The number of amides is 1. The maximum Gasteiger partial charge on any atom is 0.252 e. The van der Waals surface area contributed by atoms with Crippen molar-refractivity contribution in [3.63, 3.8) is 0 Å². The molecule has 10 heteroatoms. The Labute approximate surface area is 203 Å². The Morgan fingerprint density at radius 1 is 1.18 bits per heavy atom. The average molecular weight is 507 g/mol. The van der Waals surface area contributed by atoms with Gasteiger partial charge in [-0.05, 0) is 76.0 Å². The van der Waals surface area contributed by atoms with Gasteiger partial charge in [-0.3, -0.25) is 9.69 Å². The van der Waals surface area contributed by atoms with E-state index in [1.807, 2.05) is 31.1 Å². The molecule has 0 spiro atoms. The molecule has 4 rings (SSSR count). The normalized spacial score (nSPS) is 16.0. The number of nitrogens with zero attached hydrogens (tertiary/aromatic N) is 4. The molecule has 178 valence electrons. The van der Waals surface area contributed by atoms with E-state index in [2.05, 4.69) is 17.9 Å². The summed E-state index contributed by atoms with van der Waals surface area (Å²) in [6.45, 7) is 4.26. The lowest BCUT2D eigenvalue weighted by atomic mass is 9.96. The van der Waals surface area contributed by atoms with E-state index < -0.39 is 10.0 Å². The summed E-state index contributed by atoms with van der Waals surface area (Å²) < 4.78 is 28.6. The van der Waals surface area contributed by atoms with Crippen LogP contribution in [-0.2, 0) is 14.8 Å². The number of thiazole rings is 1. The second-order valence-corrected chi connectivity index (χ2v) is 12.8. The topological polar surface area (TPSA) is 73.8 Å². The molecule has 0 unspecified atom stereocenters. The summed E-state index contributed by atoms with van der Waals surface area (Å²) in [5, 5.41) is 2.50. The minimum Gasteiger partial charge on any atom is -0.309 e. The summed E-state index contributed by atoms with van der Waals surface area (Å²) in [5.74, 6) is -0.148. The van der Waals surface area contributed by atoms with E-state index in [1.165, 1.54) is 21.2 Å². The van der Waals surface area contributed by atoms with Crippen molar-refractivity contribution in [1.82, 2.24) is 14.2 Å². The number of carbonyl (C=O) groups is 1. The monoisotopic (exact) mass is 506 g/mol. The third-order valence-corrected chi connectivity index (χ3v) is 10.2. The molecular formula is C23H30N4O3S3.